The summed E-state index contributed by atoms with van der Waals surface area (Å²) in [5, 5.41) is 14.2. The van der Waals surface area contributed by atoms with Crippen LogP contribution in [0.1, 0.15) is 93.0 Å². The molecule has 6 rings (SSSR count). The highest BCUT2D eigenvalue weighted by atomic mass is 16.5. The van der Waals surface area contributed by atoms with Gasteiger partial charge in [0.15, 0.2) is 0 Å². The van der Waals surface area contributed by atoms with E-state index in [0.717, 1.165) is 17.5 Å². The van der Waals surface area contributed by atoms with E-state index in [2.05, 4.69) is 23.5 Å². The summed E-state index contributed by atoms with van der Waals surface area (Å²) in [5.74, 6) is 0.437. The lowest BCUT2D eigenvalue weighted by Crippen LogP contribution is -2.53. The number of carbonyl (C=O) groups is 2. The number of rotatable bonds is 4. The van der Waals surface area contributed by atoms with Crippen molar-refractivity contribution in [1.82, 2.24) is 9.80 Å². The van der Waals surface area contributed by atoms with Gasteiger partial charge in [0.1, 0.15) is 11.4 Å². The summed E-state index contributed by atoms with van der Waals surface area (Å²) in [6.45, 7) is 1.83. The first-order valence-corrected chi connectivity index (χ1v) is 15.8. The largest absolute Gasteiger partial charge is 0.496 e. The van der Waals surface area contributed by atoms with Crippen molar-refractivity contribution >= 4 is 17.5 Å². The van der Waals surface area contributed by atoms with Crippen LogP contribution in [0.2, 0.25) is 0 Å². The number of amides is 2. The summed E-state index contributed by atoms with van der Waals surface area (Å²) < 4.78 is 5.79. The maximum absolute atomic E-state index is 13.3. The molecule has 0 radical (unpaired) electrons. The fraction of sp³-hybridized carbons (Fsp3) is 0.588. The van der Waals surface area contributed by atoms with Crippen molar-refractivity contribution in [1.29, 1.82) is 0 Å². The molecule has 3 fully saturated rings. The molecule has 2 heterocycles. The van der Waals surface area contributed by atoms with Gasteiger partial charge in [0.2, 0.25) is 0 Å². The number of methoxy groups -OCH3 is 1. The first-order valence-electron chi connectivity index (χ1n) is 15.8. The van der Waals surface area contributed by atoms with Crippen LogP contribution in [-0.2, 0) is 11.2 Å². The maximum atomic E-state index is 13.3. The SMILES string of the molecule is COc1cc(C(=O)N2CCN(C(=O)C3(O)CC3)CC2)ccc1-c1ccc2c(c1)CCC1(CCCCCCCCC1)N2. The summed E-state index contributed by atoms with van der Waals surface area (Å²) >= 11 is 0. The molecule has 0 atom stereocenters. The molecule has 2 aliphatic heterocycles. The Morgan fingerprint density at radius 2 is 1.46 bits per heavy atom. The third kappa shape index (κ3) is 5.97. The number of hydrogen-bond donors (Lipinski definition) is 2. The molecule has 2 amide bonds. The third-order valence-electron chi connectivity index (χ3n) is 9.92. The number of hydrogen-bond acceptors (Lipinski definition) is 5. The van der Waals surface area contributed by atoms with Crippen molar-refractivity contribution in [2.24, 2.45) is 0 Å². The molecule has 2 N–H and O–H groups in total. The molecule has 0 bridgehead atoms. The predicted octanol–water partition coefficient (Wildman–Crippen LogP) is 5.79. The van der Waals surface area contributed by atoms with Crippen molar-refractivity contribution in [2.75, 3.05) is 38.6 Å². The van der Waals surface area contributed by atoms with Crippen molar-refractivity contribution in [3.63, 3.8) is 0 Å². The van der Waals surface area contributed by atoms with Crippen LogP contribution in [0.15, 0.2) is 36.4 Å². The van der Waals surface area contributed by atoms with Gasteiger partial charge in [-0.2, -0.15) is 0 Å². The lowest BCUT2D eigenvalue weighted by molar-refractivity contribution is -0.143. The van der Waals surface area contributed by atoms with Crippen LogP contribution in [-0.4, -0.2) is 71.1 Å². The van der Waals surface area contributed by atoms with Crippen molar-refractivity contribution in [3.8, 4) is 16.9 Å². The van der Waals surface area contributed by atoms with E-state index >= 15 is 0 Å². The zero-order valence-electron chi connectivity index (χ0n) is 24.6. The van der Waals surface area contributed by atoms with Crippen LogP contribution >= 0.6 is 0 Å². The van der Waals surface area contributed by atoms with Crippen LogP contribution in [0, 0.1) is 0 Å². The Labute approximate surface area is 244 Å². The average Bonchev–Trinajstić information content (AvgIpc) is 3.77. The Balaban J connectivity index is 1.14. The van der Waals surface area contributed by atoms with Crippen molar-refractivity contribution in [3.05, 3.63) is 47.5 Å². The van der Waals surface area contributed by atoms with E-state index < -0.39 is 5.60 Å². The smallest absolute Gasteiger partial charge is 0.254 e. The first-order chi connectivity index (χ1) is 19.9. The van der Waals surface area contributed by atoms with E-state index in [1.54, 1.807) is 16.9 Å². The third-order valence-corrected chi connectivity index (χ3v) is 9.92. The molecule has 0 unspecified atom stereocenters. The molecule has 2 aromatic rings. The molecule has 4 aliphatic rings. The van der Waals surface area contributed by atoms with Gasteiger partial charge in [0, 0.05) is 48.5 Å². The molecule has 0 aromatic heterocycles. The van der Waals surface area contributed by atoms with Crippen LogP contribution in [0.5, 0.6) is 5.75 Å². The lowest BCUT2D eigenvalue weighted by atomic mass is 9.77. The zero-order chi connectivity index (χ0) is 28.5. The van der Waals surface area contributed by atoms with Gasteiger partial charge in [-0.15, -0.1) is 0 Å². The van der Waals surface area contributed by atoms with Crippen LogP contribution in [0.3, 0.4) is 0 Å². The average molecular weight is 560 g/mol. The summed E-state index contributed by atoms with van der Waals surface area (Å²) in [4.78, 5) is 29.3. The number of nitrogens with one attached hydrogen (secondary N) is 1. The van der Waals surface area contributed by atoms with Crippen molar-refractivity contribution in [2.45, 2.75) is 94.6 Å². The first kappa shape index (κ1) is 28.1. The second kappa shape index (κ2) is 11.7. The minimum atomic E-state index is -1.16. The van der Waals surface area contributed by atoms with Gasteiger partial charge in [-0.1, -0.05) is 51.0 Å². The number of aliphatic hydroxyl groups is 1. The van der Waals surface area contributed by atoms with Gasteiger partial charge in [-0.3, -0.25) is 9.59 Å². The summed E-state index contributed by atoms with van der Waals surface area (Å²) in [6, 6.07) is 12.4. The molecule has 220 valence electrons. The molecule has 7 nitrogen and oxygen atoms in total. The number of nitrogens with zero attached hydrogens (tertiary/aromatic N) is 2. The van der Waals surface area contributed by atoms with E-state index in [1.807, 2.05) is 18.2 Å². The number of ether oxygens (including phenoxy) is 1. The highest BCUT2D eigenvalue weighted by molar-refractivity contribution is 5.96. The van der Waals surface area contributed by atoms with Gasteiger partial charge in [0.25, 0.3) is 11.8 Å². The molecule has 1 saturated heterocycles. The van der Waals surface area contributed by atoms with E-state index in [1.165, 1.54) is 75.5 Å². The second-order valence-corrected chi connectivity index (χ2v) is 12.8. The van der Waals surface area contributed by atoms with Gasteiger partial charge < -0.3 is 25.0 Å². The molecule has 7 heteroatoms. The number of anilines is 1. The fourth-order valence-corrected chi connectivity index (χ4v) is 7.11. The Hall–Kier alpha value is -3.06. The topological polar surface area (TPSA) is 82.1 Å². The minimum Gasteiger partial charge on any atom is -0.496 e. The predicted molar refractivity (Wildman–Crippen MR) is 161 cm³/mol. The Morgan fingerprint density at radius 1 is 0.805 bits per heavy atom. The Kier molecular flexibility index (Phi) is 7.99. The monoisotopic (exact) mass is 559 g/mol. The molecule has 2 saturated carbocycles. The van der Waals surface area contributed by atoms with Crippen molar-refractivity contribution < 1.29 is 19.4 Å². The number of carbonyl (C=O) groups excluding carboxylic acids is 2. The Bertz CT molecular complexity index is 1270. The van der Waals surface area contributed by atoms with E-state index in [4.69, 9.17) is 4.74 Å². The second-order valence-electron chi connectivity index (χ2n) is 12.8. The van der Waals surface area contributed by atoms with Gasteiger partial charge in [0.05, 0.1) is 7.11 Å². The molecule has 2 aromatic carbocycles. The zero-order valence-corrected chi connectivity index (χ0v) is 24.6. The number of piperazine rings is 1. The summed E-state index contributed by atoms with van der Waals surface area (Å²) in [5.41, 5.74) is 4.39. The normalized spacial score (nSPS) is 21.9. The number of benzene rings is 2. The van der Waals surface area contributed by atoms with E-state index in [9.17, 15) is 14.7 Å². The number of aryl methyl sites for hydroxylation is 1. The highest BCUT2D eigenvalue weighted by Crippen LogP contribution is 2.41. The van der Waals surface area contributed by atoms with E-state index in [0.29, 0.717) is 50.3 Å². The maximum Gasteiger partial charge on any atom is 0.254 e. The fourth-order valence-electron chi connectivity index (χ4n) is 7.11. The lowest BCUT2D eigenvalue weighted by Gasteiger charge is -2.41. The summed E-state index contributed by atoms with van der Waals surface area (Å²) in [7, 11) is 1.66. The quantitative estimate of drug-likeness (QED) is 0.495. The van der Waals surface area contributed by atoms with Crippen LogP contribution in [0.4, 0.5) is 5.69 Å². The van der Waals surface area contributed by atoms with Gasteiger partial charge in [-0.05, 0) is 80.0 Å². The summed E-state index contributed by atoms with van der Waals surface area (Å²) in [6.07, 6.45) is 15.4. The molecule has 2 aliphatic carbocycles. The van der Waals surface area contributed by atoms with Gasteiger partial charge in [-0.25, -0.2) is 0 Å². The molecule has 41 heavy (non-hydrogen) atoms. The van der Waals surface area contributed by atoms with Gasteiger partial charge >= 0.3 is 0 Å². The van der Waals surface area contributed by atoms with Crippen LogP contribution in [0.25, 0.3) is 11.1 Å². The molecule has 1 spiro atoms. The standard InChI is InChI=1S/C34H45N3O4/c1-41-30-24-27(31(38)36-19-21-37(22-20-36)32(39)34(40)17-18-34)9-11-28(30)25-10-12-29-26(23-25)13-16-33(35-29)14-7-5-3-2-4-6-8-15-33/h9-12,23-24,35,40H,2-8,13-22H2,1H3. The Morgan fingerprint density at radius 3 is 2.12 bits per heavy atom. The number of fused-ring (bicyclic) bond motifs is 1. The minimum absolute atomic E-state index is 0.0577. The van der Waals surface area contributed by atoms with Crippen LogP contribution < -0.4 is 10.1 Å². The molecular formula is C34H45N3O4. The highest BCUT2D eigenvalue weighted by Gasteiger charge is 2.50. The van der Waals surface area contributed by atoms with E-state index in [-0.39, 0.29) is 17.4 Å². The molecular weight excluding hydrogens is 514 g/mol.